The molecule has 10 nitrogen and oxygen atoms in total. The molecule has 2 aliphatic heterocycles. The minimum atomic E-state index is -0.460. The summed E-state index contributed by atoms with van der Waals surface area (Å²) >= 11 is 0. The highest BCUT2D eigenvalue weighted by atomic mass is 16.6. The maximum Gasteiger partial charge on any atom is 0.293 e. The highest BCUT2D eigenvalue weighted by molar-refractivity contribution is 5.95. The Hall–Kier alpha value is -3.50. The van der Waals surface area contributed by atoms with Crippen LogP contribution in [0.5, 0.6) is 0 Å². The molecule has 10 heteroatoms. The van der Waals surface area contributed by atoms with Crippen molar-refractivity contribution in [3.05, 3.63) is 69.3 Å². The summed E-state index contributed by atoms with van der Waals surface area (Å²) in [6.07, 6.45) is 0. The summed E-state index contributed by atoms with van der Waals surface area (Å²) in [5.74, 6) is -0.363. The van der Waals surface area contributed by atoms with E-state index in [0.29, 0.717) is 38.4 Å². The van der Waals surface area contributed by atoms with Crippen molar-refractivity contribution in [3.63, 3.8) is 0 Å². The Bertz CT molecular complexity index is 1080. The molecule has 0 unspecified atom stereocenters. The summed E-state index contributed by atoms with van der Waals surface area (Å²) in [5.41, 5.74) is 2.74. The molecule has 4 rings (SSSR count). The third kappa shape index (κ3) is 6.34. The lowest BCUT2D eigenvalue weighted by Gasteiger charge is -2.35. The molecule has 2 aromatic carbocycles. The zero-order valence-electron chi connectivity index (χ0n) is 19.9. The van der Waals surface area contributed by atoms with Gasteiger partial charge in [-0.15, -0.1) is 0 Å². The van der Waals surface area contributed by atoms with Crippen LogP contribution in [0, 0.1) is 10.1 Å². The Morgan fingerprint density at radius 2 is 1.71 bits per heavy atom. The first-order chi connectivity index (χ1) is 16.9. The lowest BCUT2D eigenvalue weighted by Crippen LogP contribution is -2.48. The number of nitrogens with one attached hydrogen (secondary N) is 1. The molecule has 0 saturated carbocycles. The minimum absolute atomic E-state index is 0.00204. The molecule has 2 fully saturated rings. The zero-order chi connectivity index (χ0) is 24.8. The SMILES string of the molecule is CC(=O)N1CCN(c2ccc(C(=O)NCc3cccc(CN4CCOCC4)c3)cc2[N+](=O)[O-])CC1. The number of nitrogens with zero attached hydrogens (tertiary/aromatic N) is 4. The number of ether oxygens (including phenoxy) is 1. The molecule has 2 amide bonds. The number of morpholine rings is 1. The van der Waals surface area contributed by atoms with E-state index in [1.807, 2.05) is 17.0 Å². The molecule has 2 heterocycles. The summed E-state index contributed by atoms with van der Waals surface area (Å²) in [6.45, 7) is 8.02. The Labute approximate surface area is 204 Å². The summed E-state index contributed by atoms with van der Waals surface area (Å²) in [5, 5.41) is 14.6. The molecule has 2 aromatic rings. The molecule has 0 aromatic heterocycles. The number of anilines is 1. The van der Waals surface area contributed by atoms with Crippen molar-refractivity contribution >= 4 is 23.2 Å². The fourth-order valence-corrected chi connectivity index (χ4v) is 4.48. The number of piperazine rings is 1. The van der Waals surface area contributed by atoms with Gasteiger partial charge in [-0.3, -0.25) is 24.6 Å². The lowest BCUT2D eigenvalue weighted by molar-refractivity contribution is -0.384. The van der Waals surface area contributed by atoms with Crippen LogP contribution in [0.4, 0.5) is 11.4 Å². The average Bonchev–Trinajstić information content (AvgIpc) is 2.88. The molecule has 35 heavy (non-hydrogen) atoms. The maximum atomic E-state index is 12.8. The molecule has 0 atom stereocenters. The second-order valence-electron chi connectivity index (χ2n) is 8.84. The number of carbonyl (C=O) groups excluding carboxylic acids is 2. The Balaban J connectivity index is 1.39. The normalized spacial score (nSPS) is 16.7. The van der Waals surface area contributed by atoms with E-state index in [1.165, 1.54) is 18.6 Å². The van der Waals surface area contributed by atoms with E-state index < -0.39 is 4.92 Å². The van der Waals surface area contributed by atoms with Gasteiger partial charge in [0.25, 0.3) is 11.6 Å². The fraction of sp³-hybridized carbons (Fsp3) is 0.440. The van der Waals surface area contributed by atoms with Crippen LogP contribution in [0.25, 0.3) is 0 Å². The summed E-state index contributed by atoms with van der Waals surface area (Å²) in [4.78, 5) is 41.6. The highest BCUT2D eigenvalue weighted by Gasteiger charge is 2.26. The molecule has 2 saturated heterocycles. The molecule has 186 valence electrons. The first-order valence-electron chi connectivity index (χ1n) is 11.9. The van der Waals surface area contributed by atoms with E-state index >= 15 is 0 Å². The van der Waals surface area contributed by atoms with E-state index in [4.69, 9.17) is 4.74 Å². The van der Waals surface area contributed by atoms with Gasteiger partial charge in [-0.05, 0) is 23.3 Å². The van der Waals surface area contributed by atoms with Crippen LogP contribution in [0.2, 0.25) is 0 Å². The Kier molecular flexibility index (Phi) is 7.94. The van der Waals surface area contributed by atoms with Gasteiger partial charge in [0.15, 0.2) is 0 Å². The van der Waals surface area contributed by atoms with Gasteiger partial charge in [0.05, 0.1) is 18.1 Å². The number of amides is 2. The van der Waals surface area contributed by atoms with E-state index in [9.17, 15) is 19.7 Å². The van der Waals surface area contributed by atoms with Gasteiger partial charge in [-0.25, -0.2) is 0 Å². The van der Waals surface area contributed by atoms with Crippen LogP contribution in [0.15, 0.2) is 42.5 Å². The summed E-state index contributed by atoms with van der Waals surface area (Å²) in [6, 6.07) is 12.6. The van der Waals surface area contributed by atoms with Gasteiger partial charge in [0, 0.05) is 70.9 Å². The van der Waals surface area contributed by atoms with Crippen molar-refractivity contribution in [1.82, 2.24) is 15.1 Å². The van der Waals surface area contributed by atoms with Gasteiger partial charge in [0.2, 0.25) is 5.91 Å². The van der Waals surface area contributed by atoms with Crippen LogP contribution < -0.4 is 10.2 Å². The molecule has 0 spiro atoms. The second kappa shape index (κ2) is 11.3. The quantitative estimate of drug-likeness (QED) is 0.476. The molecular formula is C25H31N5O5. The number of hydrogen-bond acceptors (Lipinski definition) is 7. The van der Waals surface area contributed by atoms with Crippen molar-refractivity contribution in [2.75, 3.05) is 57.4 Å². The molecule has 0 radical (unpaired) electrons. The van der Waals surface area contributed by atoms with E-state index in [1.54, 1.807) is 17.0 Å². The third-order valence-electron chi connectivity index (χ3n) is 6.45. The molecule has 0 bridgehead atoms. The maximum absolute atomic E-state index is 12.8. The van der Waals surface area contributed by atoms with Crippen molar-refractivity contribution in [2.45, 2.75) is 20.0 Å². The lowest BCUT2D eigenvalue weighted by atomic mass is 10.1. The monoisotopic (exact) mass is 481 g/mol. The molecule has 2 aliphatic rings. The van der Waals surface area contributed by atoms with E-state index in [2.05, 4.69) is 22.3 Å². The number of rotatable bonds is 7. The van der Waals surface area contributed by atoms with E-state index in [-0.39, 0.29) is 23.1 Å². The smallest absolute Gasteiger partial charge is 0.293 e. The predicted octanol–water partition coefficient (Wildman–Crippen LogP) is 2.03. The zero-order valence-corrected chi connectivity index (χ0v) is 19.9. The topological polar surface area (TPSA) is 108 Å². The van der Waals surface area contributed by atoms with Gasteiger partial charge in [-0.1, -0.05) is 24.3 Å². The number of hydrogen-bond donors (Lipinski definition) is 1. The van der Waals surface area contributed by atoms with Gasteiger partial charge >= 0.3 is 0 Å². The highest BCUT2D eigenvalue weighted by Crippen LogP contribution is 2.30. The average molecular weight is 482 g/mol. The summed E-state index contributed by atoms with van der Waals surface area (Å²) in [7, 11) is 0. The predicted molar refractivity (Wildman–Crippen MR) is 131 cm³/mol. The van der Waals surface area contributed by atoms with Crippen LogP contribution in [0.3, 0.4) is 0 Å². The van der Waals surface area contributed by atoms with Crippen LogP contribution >= 0.6 is 0 Å². The first kappa shape index (κ1) is 24.6. The third-order valence-corrected chi connectivity index (χ3v) is 6.45. The molecule has 1 N–H and O–H groups in total. The van der Waals surface area contributed by atoms with Gasteiger partial charge in [-0.2, -0.15) is 0 Å². The molecular weight excluding hydrogens is 450 g/mol. The van der Waals surface area contributed by atoms with Crippen LogP contribution in [0.1, 0.15) is 28.4 Å². The Morgan fingerprint density at radius 1 is 1.00 bits per heavy atom. The largest absolute Gasteiger partial charge is 0.379 e. The van der Waals surface area contributed by atoms with Crippen molar-refractivity contribution in [3.8, 4) is 0 Å². The van der Waals surface area contributed by atoms with Crippen molar-refractivity contribution in [2.24, 2.45) is 0 Å². The number of benzene rings is 2. The Morgan fingerprint density at radius 3 is 2.40 bits per heavy atom. The number of carbonyl (C=O) groups is 2. The van der Waals surface area contributed by atoms with Gasteiger partial charge < -0.3 is 19.9 Å². The first-order valence-corrected chi connectivity index (χ1v) is 11.9. The summed E-state index contributed by atoms with van der Waals surface area (Å²) < 4.78 is 5.40. The van der Waals surface area contributed by atoms with Crippen LogP contribution in [-0.4, -0.2) is 79.0 Å². The second-order valence-corrected chi connectivity index (χ2v) is 8.84. The van der Waals surface area contributed by atoms with Crippen molar-refractivity contribution < 1.29 is 19.2 Å². The van der Waals surface area contributed by atoms with Crippen molar-refractivity contribution in [1.29, 1.82) is 0 Å². The molecule has 0 aliphatic carbocycles. The van der Waals surface area contributed by atoms with Gasteiger partial charge in [0.1, 0.15) is 5.69 Å². The fourth-order valence-electron chi connectivity index (χ4n) is 4.48. The number of nitro groups is 1. The van der Waals surface area contributed by atoms with E-state index in [0.717, 1.165) is 38.4 Å². The minimum Gasteiger partial charge on any atom is -0.379 e. The van der Waals surface area contributed by atoms with Crippen LogP contribution in [-0.2, 0) is 22.6 Å². The number of nitro benzene ring substituents is 1. The standard InChI is InChI=1S/C25H31N5O5/c1-19(31)28-7-9-29(10-8-28)23-6-5-22(16-24(23)30(33)34)25(32)26-17-20-3-2-4-21(15-20)18-27-11-13-35-14-12-27/h2-6,15-16H,7-14,17-18H2,1H3,(H,26,32).